The van der Waals surface area contributed by atoms with Crippen LogP contribution in [-0.2, 0) is 27.8 Å². The van der Waals surface area contributed by atoms with E-state index in [9.17, 15) is 22.6 Å². The second kappa shape index (κ2) is 13.5. The molecule has 0 radical (unpaired) electrons. The number of nitrogens with one attached hydrogen (secondary N) is 2. The Labute approximate surface area is 260 Å². The maximum atomic E-state index is 13.7. The van der Waals surface area contributed by atoms with Gasteiger partial charge in [-0.15, -0.1) is 0 Å². The molecule has 2 amide bonds. The third kappa shape index (κ3) is 7.74. The fourth-order valence-electron chi connectivity index (χ4n) is 4.88. The van der Waals surface area contributed by atoms with Crippen LogP contribution >= 0.6 is 11.6 Å². The Kier molecular flexibility index (Phi) is 9.49. The standard InChI is InChI=1S/C34H31ClN2O6S/c1-2-22-7-11-24(12-8-22)28(19-23-9-13-25(14-10-23)33(38)36-17-18-44(40,41)42)34(39)37-30-16-15-27(20-29(30)35)32-21-26-5-3-4-6-31(26)43-32/h3-16,20-21,28H,2,17-19H2,1H3,(H,36,38)(H,37,39)(H,40,41,42)/p-1. The summed E-state index contributed by atoms with van der Waals surface area (Å²) in [4.78, 5) is 26.1. The molecule has 0 bridgehead atoms. The van der Waals surface area contributed by atoms with Crippen LogP contribution in [0.2, 0.25) is 5.02 Å². The van der Waals surface area contributed by atoms with Crippen molar-refractivity contribution in [2.75, 3.05) is 17.6 Å². The van der Waals surface area contributed by atoms with Gasteiger partial charge in [0.1, 0.15) is 11.3 Å². The van der Waals surface area contributed by atoms with Gasteiger partial charge in [0, 0.05) is 23.1 Å². The molecule has 1 heterocycles. The van der Waals surface area contributed by atoms with Crippen LogP contribution in [0.4, 0.5) is 5.69 Å². The van der Waals surface area contributed by atoms with Crippen molar-refractivity contribution in [1.29, 1.82) is 0 Å². The first-order valence-electron chi connectivity index (χ1n) is 14.1. The number of rotatable bonds is 11. The molecule has 5 aromatic rings. The van der Waals surface area contributed by atoms with E-state index in [1.165, 1.54) is 0 Å². The molecule has 8 nitrogen and oxygen atoms in total. The van der Waals surface area contributed by atoms with Crippen LogP contribution in [0.1, 0.15) is 39.9 Å². The van der Waals surface area contributed by atoms with E-state index in [1.807, 2.05) is 60.7 Å². The van der Waals surface area contributed by atoms with Crippen molar-refractivity contribution >= 4 is 50.2 Å². The fourth-order valence-corrected chi connectivity index (χ4v) is 5.46. The highest BCUT2D eigenvalue weighted by atomic mass is 35.5. The molecule has 2 N–H and O–H groups in total. The summed E-state index contributed by atoms with van der Waals surface area (Å²) < 4.78 is 38.3. The summed E-state index contributed by atoms with van der Waals surface area (Å²) in [5, 5.41) is 6.77. The van der Waals surface area contributed by atoms with E-state index in [0.29, 0.717) is 28.5 Å². The SMILES string of the molecule is CCc1ccc(C(Cc2ccc(C(=O)NCCS(=O)(=O)[O-])cc2)C(=O)Nc2ccc(-c3cc4ccccc4o3)cc2Cl)cc1. The summed E-state index contributed by atoms with van der Waals surface area (Å²) in [5.74, 6) is -1.31. The highest BCUT2D eigenvalue weighted by Crippen LogP contribution is 2.33. The zero-order valence-corrected chi connectivity index (χ0v) is 25.5. The zero-order valence-electron chi connectivity index (χ0n) is 23.9. The van der Waals surface area contributed by atoms with Crippen molar-refractivity contribution < 1.29 is 27.0 Å². The number of benzene rings is 4. The van der Waals surface area contributed by atoms with Gasteiger partial charge in [0.2, 0.25) is 5.91 Å². The van der Waals surface area contributed by atoms with E-state index in [-0.39, 0.29) is 12.5 Å². The molecule has 5 rings (SSSR count). The molecule has 0 saturated carbocycles. The van der Waals surface area contributed by atoms with Crippen molar-refractivity contribution in [3.05, 3.63) is 124 Å². The highest BCUT2D eigenvalue weighted by molar-refractivity contribution is 7.85. The number of carbonyl (C=O) groups excluding carboxylic acids is 2. The number of carbonyl (C=O) groups is 2. The second-order valence-corrected chi connectivity index (χ2v) is 12.3. The monoisotopic (exact) mass is 629 g/mol. The molecular weight excluding hydrogens is 600 g/mol. The summed E-state index contributed by atoms with van der Waals surface area (Å²) in [6, 6.07) is 29.6. The molecule has 1 aromatic heterocycles. The van der Waals surface area contributed by atoms with E-state index in [2.05, 4.69) is 17.6 Å². The van der Waals surface area contributed by atoms with Crippen LogP contribution < -0.4 is 10.6 Å². The Bertz CT molecular complexity index is 1870. The maximum Gasteiger partial charge on any atom is 0.251 e. The molecular formula is C34H30ClN2O6S-. The Balaban J connectivity index is 1.33. The Hall–Kier alpha value is -4.44. The average molecular weight is 630 g/mol. The molecule has 4 aromatic carbocycles. The predicted octanol–water partition coefficient (Wildman–Crippen LogP) is 6.56. The zero-order chi connectivity index (χ0) is 31.3. The van der Waals surface area contributed by atoms with E-state index in [1.54, 1.807) is 36.4 Å². The number of para-hydroxylation sites is 1. The van der Waals surface area contributed by atoms with Gasteiger partial charge in [-0.25, -0.2) is 8.42 Å². The molecule has 0 saturated heterocycles. The Morgan fingerprint density at radius 1 is 0.909 bits per heavy atom. The largest absolute Gasteiger partial charge is 0.748 e. The van der Waals surface area contributed by atoms with Gasteiger partial charge in [-0.3, -0.25) is 9.59 Å². The molecule has 1 unspecified atom stereocenters. The van der Waals surface area contributed by atoms with Gasteiger partial charge in [0.25, 0.3) is 5.91 Å². The number of halogens is 1. The van der Waals surface area contributed by atoms with Crippen LogP contribution in [-0.4, -0.2) is 37.1 Å². The average Bonchev–Trinajstić information content (AvgIpc) is 3.45. The number of aryl methyl sites for hydroxylation is 1. The van der Waals surface area contributed by atoms with E-state index < -0.39 is 27.7 Å². The first-order chi connectivity index (χ1) is 21.1. The van der Waals surface area contributed by atoms with Crippen LogP contribution in [0, 0.1) is 0 Å². The third-order valence-electron chi connectivity index (χ3n) is 7.34. The minimum Gasteiger partial charge on any atom is -0.748 e. The summed E-state index contributed by atoms with van der Waals surface area (Å²) in [7, 11) is -4.42. The fraction of sp³-hybridized carbons (Fsp3) is 0.176. The molecule has 226 valence electrons. The predicted molar refractivity (Wildman–Crippen MR) is 171 cm³/mol. The van der Waals surface area contributed by atoms with Crippen molar-refractivity contribution in [2.24, 2.45) is 0 Å². The van der Waals surface area contributed by atoms with Gasteiger partial charge in [-0.2, -0.15) is 0 Å². The van der Waals surface area contributed by atoms with E-state index in [0.717, 1.165) is 39.6 Å². The minimum atomic E-state index is -4.42. The number of anilines is 1. The molecule has 44 heavy (non-hydrogen) atoms. The Morgan fingerprint density at radius 3 is 2.27 bits per heavy atom. The number of hydrogen-bond donors (Lipinski definition) is 2. The number of fused-ring (bicyclic) bond motifs is 1. The van der Waals surface area contributed by atoms with Gasteiger partial charge in [0.15, 0.2) is 0 Å². The lowest BCUT2D eigenvalue weighted by Gasteiger charge is -2.19. The molecule has 0 aliphatic rings. The van der Waals surface area contributed by atoms with E-state index >= 15 is 0 Å². The lowest BCUT2D eigenvalue weighted by molar-refractivity contribution is -0.117. The number of hydrogen-bond acceptors (Lipinski definition) is 6. The topological polar surface area (TPSA) is 129 Å². The van der Waals surface area contributed by atoms with Crippen LogP contribution in [0.25, 0.3) is 22.3 Å². The number of amides is 2. The van der Waals surface area contributed by atoms with Gasteiger partial charge in [-0.1, -0.05) is 73.1 Å². The van der Waals surface area contributed by atoms with Crippen LogP contribution in [0.3, 0.4) is 0 Å². The summed E-state index contributed by atoms with van der Waals surface area (Å²) >= 11 is 6.64. The second-order valence-electron chi connectivity index (χ2n) is 10.4. The van der Waals surface area contributed by atoms with Crippen molar-refractivity contribution in [3.8, 4) is 11.3 Å². The summed E-state index contributed by atoms with van der Waals surface area (Å²) in [5.41, 5.74) is 5.13. The normalized spacial score (nSPS) is 12.2. The lowest BCUT2D eigenvalue weighted by Crippen LogP contribution is -2.29. The molecule has 1 atom stereocenters. The first kappa shape index (κ1) is 31.0. The lowest BCUT2D eigenvalue weighted by atomic mass is 9.90. The van der Waals surface area contributed by atoms with Crippen LogP contribution in [0.5, 0.6) is 0 Å². The first-order valence-corrected chi connectivity index (χ1v) is 16.0. The van der Waals surface area contributed by atoms with Crippen molar-refractivity contribution in [1.82, 2.24) is 5.32 Å². The number of furan rings is 1. The summed E-state index contributed by atoms with van der Waals surface area (Å²) in [6.45, 7) is 1.79. The molecule has 0 fully saturated rings. The smallest absolute Gasteiger partial charge is 0.251 e. The molecule has 10 heteroatoms. The van der Waals surface area contributed by atoms with Gasteiger partial charge >= 0.3 is 0 Å². The Morgan fingerprint density at radius 2 is 1.61 bits per heavy atom. The van der Waals surface area contributed by atoms with Gasteiger partial charge in [-0.05, 0) is 72.0 Å². The highest BCUT2D eigenvalue weighted by Gasteiger charge is 2.23. The van der Waals surface area contributed by atoms with Crippen molar-refractivity contribution in [2.45, 2.75) is 25.7 Å². The van der Waals surface area contributed by atoms with Crippen molar-refractivity contribution in [3.63, 3.8) is 0 Å². The summed E-state index contributed by atoms with van der Waals surface area (Å²) in [6.07, 6.45) is 1.22. The van der Waals surface area contributed by atoms with E-state index in [4.69, 9.17) is 16.0 Å². The molecule has 0 aliphatic heterocycles. The van der Waals surface area contributed by atoms with Gasteiger partial charge in [0.05, 0.1) is 32.5 Å². The van der Waals surface area contributed by atoms with Crippen LogP contribution in [0.15, 0.2) is 101 Å². The quantitative estimate of drug-likeness (QED) is 0.159. The molecule has 0 aliphatic carbocycles. The van der Waals surface area contributed by atoms with Gasteiger partial charge < -0.3 is 19.6 Å². The maximum absolute atomic E-state index is 13.7. The molecule has 0 spiro atoms. The minimum absolute atomic E-state index is 0.242. The third-order valence-corrected chi connectivity index (χ3v) is 8.35.